The molecule has 0 bridgehead atoms. The number of rotatable bonds is 6. The van der Waals surface area contributed by atoms with Gasteiger partial charge in [-0.1, -0.05) is 12.1 Å². The molecule has 4 nitrogen and oxygen atoms in total. The zero-order valence-electron chi connectivity index (χ0n) is 13.8. The maximum atomic E-state index is 13.0. The number of hydrogen-bond donors (Lipinski definition) is 1. The Balaban J connectivity index is 1.54. The average molecular weight is 339 g/mol. The minimum Gasteiger partial charge on any atom is -0.497 e. The van der Waals surface area contributed by atoms with Crippen molar-refractivity contribution in [1.29, 1.82) is 0 Å². The number of methoxy groups -OCH3 is 1. The summed E-state index contributed by atoms with van der Waals surface area (Å²) in [6, 6.07) is 17.0. The molecule has 5 heteroatoms. The van der Waals surface area contributed by atoms with Gasteiger partial charge in [0.25, 0.3) is 0 Å². The molecule has 1 aromatic heterocycles. The molecular formula is C20H18FNO3. The van der Waals surface area contributed by atoms with Crippen LogP contribution in [0.25, 0.3) is 11.3 Å². The summed E-state index contributed by atoms with van der Waals surface area (Å²) in [5.41, 5.74) is 1.70. The molecule has 0 fully saturated rings. The van der Waals surface area contributed by atoms with E-state index in [1.165, 1.54) is 12.1 Å². The van der Waals surface area contributed by atoms with Gasteiger partial charge in [0.05, 0.1) is 20.1 Å². The second-order valence-electron chi connectivity index (χ2n) is 5.57. The van der Waals surface area contributed by atoms with Gasteiger partial charge in [-0.05, 0) is 54.1 Å². The van der Waals surface area contributed by atoms with Crippen molar-refractivity contribution in [3.8, 4) is 17.1 Å². The molecule has 1 N–H and O–H groups in total. The van der Waals surface area contributed by atoms with E-state index in [1.54, 1.807) is 31.4 Å². The van der Waals surface area contributed by atoms with Crippen molar-refractivity contribution in [2.24, 2.45) is 0 Å². The Morgan fingerprint density at radius 3 is 2.44 bits per heavy atom. The molecule has 0 unspecified atom stereocenters. The number of hydrogen-bond acceptors (Lipinski definition) is 3. The van der Waals surface area contributed by atoms with Crippen LogP contribution in [0.5, 0.6) is 5.75 Å². The summed E-state index contributed by atoms with van der Waals surface area (Å²) in [5, 5.41) is 2.83. The van der Waals surface area contributed by atoms with Crippen molar-refractivity contribution in [2.75, 3.05) is 7.11 Å². The van der Waals surface area contributed by atoms with Crippen LogP contribution in [0.1, 0.15) is 11.3 Å². The van der Waals surface area contributed by atoms with Crippen LogP contribution in [0.15, 0.2) is 65.1 Å². The van der Waals surface area contributed by atoms with Gasteiger partial charge in [0.1, 0.15) is 23.1 Å². The lowest BCUT2D eigenvalue weighted by Crippen LogP contribution is -2.24. The van der Waals surface area contributed by atoms with Gasteiger partial charge in [-0.3, -0.25) is 4.79 Å². The third-order valence-electron chi connectivity index (χ3n) is 3.77. The van der Waals surface area contributed by atoms with E-state index in [0.717, 1.165) is 16.9 Å². The summed E-state index contributed by atoms with van der Waals surface area (Å²) < 4.78 is 23.7. The largest absolute Gasteiger partial charge is 0.497 e. The highest BCUT2D eigenvalue weighted by Gasteiger charge is 2.08. The first-order chi connectivity index (χ1) is 12.1. The number of halogens is 1. The summed E-state index contributed by atoms with van der Waals surface area (Å²) in [6.07, 6.45) is 0.287. The number of benzene rings is 2. The third-order valence-corrected chi connectivity index (χ3v) is 3.77. The second kappa shape index (κ2) is 7.66. The van der Waals surface area contributed by atoms with E-state index >= 15 is 0 Å². The van der Waals surface area contributed by atoms with E-state index in [4.69, 9.17) is 9.15 Å². The summed E-state index contributed by atoms with van der Waals surface area (Å²) >= 11 is 0. The van der Waals surface area contributed by atoms with Gasteiger partial charge in [-0.15, -0.1) is 0 Å². The zero-order valence-corrected chi connectivity index (χ0v) is 13.8. The van der Waals surface area contributed by atoms with E-state index in [2.05, 4.69) is 5.32 Å². The van der Waals surface area contributed by atoms with Crippen LogP contribution < -0.4 is 10.1 Å². The van der Waals surface area contributed by atoms with Gasteiger partial charge in [0.2, 0.25) is 5.91 Å². The van der Waals surface area contributed by atoms with Gasteiger partial charge in [-0.2, -0.15) is 0 Å². The van der Waals surface area contributed by atoms with Crippen molar-refractivity contribution >= 4 is 5.91 Å². The first-order valence-corrected chi connectivity index (χ1v) is 7.88. The minimum absolute atomic E-state index is 0.0927. The lowest BCUT2D eigenvalue weighted by atomic mass is 10.1. The van der Waals surface area contributed by atoms with E-state index < -0.39 is 0 Å². The highest BCUT2D eigenvalue weighted by molar-refractivity contribution is 5.78. The Kier molecular flexibility index (Phi) is 5.14. The Bertz CT molecular complexity index is 838. The van der Waals surface area contributed by atoms with Crippen molar-refractivity contribution in [2.45, 2.75) is 13.0 Å². The van der Waals surface area contributed by atoms with Crippen molar-refractivity contribution in [1.82, 2.24) is 5.32 Å². The lowest BCUT2D eigenvalue weighted by molar-refractivity contribution is -0.120. The molecule has 1 heterocycles. The molecule has 0 atom stereocenters. The molecule has 0 radical (unpaired) electrons. The van der Waals surface area contributed by atoms with Gasteiger partial charge in [-0.25, -0.2) is 4.39 Å². The molecule has 1 amide bonds. The average Bonchev–Trinajstić information content (AvgIpc) is 3.10. The van der Waals surface area contributed by atoms with E-state index in [9.17, 15) is 9.18 Å². The predicted octanol–water partition coefficient (Wildman–Crippen LogP) is 3.95. The number of furan rings is 1. The van der Waals surface area contributed by atoms with Crippen LogP contribution in [0, 0.1) is 5.82 Å². The lowest BCUT2D eigenvalue weighted by Gasteiger charge is -2.05. The molecule has 0 spiro atoms. The molecular weight excluding hydrogens is 321 g/mol. The van der Waals surface area contributed by atoms with Gasteiger partial charge >= 0.3 is 0 Å². The van der Waals surface area contributed by atoms with E-state index in [0.29, 0.717) is 18.1 Å². The Morgan fingerprint density at radius 2 is 1.76 bits per heavy atom. The van der Waals surface area contributed by atoms with E-state index in [-0.39, 0.29) is 18.1 Å². The highest BCUT2D eigenvalue weighted by atomic mass is 19.1. The molecule has 3 aromatic rings. The van der Waals surface area contributed by atoms with Crippen LogP contribution in [-0.4, -0.2) is 13.0 Å². The standard InChI is InChI=1S/C20H18FNO3/c1-24-17-8-2-14(3-9-17)12-20(23)22-13-18-10-11-19(25-18)15-4-6-16(21)7-5-15/h2-11H,12-13H2,1H3,(H,22,23). The quantitative estimate of drug-likeness (QED) is 0.740. The number of ether oxygens (including phenoxy) is 1. The molecule has 0 aliphatic carbocycles. The SMILES string of the molecule is COc1ccc(CC(=O)NCc2ccc(-c3ccc(F)cc3)o2)cc1. The van der Waals surface area contributed by atoms with Crippen LogP contribution in [0.3, 0.4) is 0 Å². The van der Waals surface area contributed by atoms with Crippen LogP contribution in [0.4, 0.5) is 4.39 Å². The summed E-state index contributed by atoms with van der Waals surface area (Å²) in [4.78, 5) is 12.0. The molecule has 0 saturated carbocycles. The van der Waals surface area contributed by atoms with Crippen LogP contribution in [0.2, 0.25) is 0 Å². The maximum absolute atomic E-state index is 13.0. The molecule has 0 aliphatic heterocycles. The summed E-state index contributed by atoms with van der Waals surface area (Å²) in [7, 11) is 1.60. The first kappa shape index (κ1) is 16.8. The van der Waals surface area contributed by atoms with Gasteiger partial charge in [0.15, 0.2) is 0 Å². The van der Waals surface area contributed by atoms with Crippen molar-refractivity contribution in [3.63, 3.8) is 0 Å². The molecule has 25 heavy (non-hydrogen) atoms. The maximum Gasteiger partial charge on any atom is 0.224 e. The molecule has 128 valence electrons. The number of nitrogens with one attached hydrogen (secondary N) is 1. The fourth-order valence-corrected chi connectivity index (χ4v) is 2.42. The van der Waals surface area contributed by atoms with Crippen molar-refractivity contribution in [3.05, 3.63) is 77.8 Å². The molecule has 3 rings (SSSR count). The normalized spacial score (nSPS) is 10.5. The Hall–Kier alpha value is -3.08. The highest BCUT2D eigenvalue weighted by Crippen LogP contribution is 2.22. The number of carbonyl (C=O) groups excluding carboxylic acids is 1. The topological polar surface area (TPSA) is 51.5 Å². The van der Waals surface area contributed by atoms with Gasteiger partial charge in [0, 0.05) is 5.56 Å². The van der Waals surface area contributed by atoms with Gasteiger partial charge < -0.3 is 14.5 Å². The fourth-order valence-electron chi connectivity index (χ4n) is 2.42. The Morgan fingerprint density at radius 1 is 1.04 bits per heavy atom. The summed E-state index contributed by atoms with van der Waals surface area (Å²) in [6.45, 7) is 0.302. The number of amides is 1. The zero-order chi connectivity index (χ0) is 17.6. The fraction of sp³-hybridized carbons (Fsp3) is 0.150. The number of carbonyl (C=O) groups is 1. The van der Waals surface area contributed by atoms with Crippen LogP contribution >= 0.6 is 0 Å². The second-order valence-corrected chi connectivity index (χ2v) is 5.57. The minimum atomic E-state index is -0.290. The first-order valence-electron chi connectivity index (χ1n) is 7.88. The Labute approximate surface area is 145 Å². The molecule has 0 aliphatic rings. The van der Waals surface area contributed by atoms with Crippen LogP contribution in [-0.2, 0) is 17.8 Å². The molecule has 0 saturated heterocycles. The smallest absolute Gasteiger partial charge is 0.224 e. The molecule has 2 aromatic carbocycles. The summed E-state index contributed by atoms with van der Waals surface area (Å²) in [5.74, 6) is 1.65. The van der Waals surface area contributed by atoms with E-state index in [1.807, 2.05) is 24.3 Å². The monoisotopic (exact) mass is 339 g/mol. The van der Waals surface area contributed by atoms with Crippen molar-refractivity contribution < 1.29 is 18.3 Å². The third kappa shape index (κ3) is 4.47. The predicted molar refractivity (Wildman–Crippen MR) is 92.6 cm³/mol.